The fraction of sp³-hybridized carbons (Fsp3) is 0.200. The molecule has 1 aromatic carbocycles. The maximum Gasteiger partial charge on any atom is 0.323 e. The zero-order valence-electron chi connectivity index (χ0n) is 11.4. The predicted octanol–water partition coefficient (Wildman–Crippen LogP) is 1.38. The summed E-state index contributed by atoms with van der Waals surface area (Å²) in [5, 5.41) is 11.5. The number of nitrogens with zero attached hydrogens (tertiary/aromatic N) is 1. The van der Waals surface area contributed by atoms with Gasteiger partial charge in [-0.3, -0.25) is 9.59 Å². The second-order valence-corrected chi connectivity index (χ2v) is 4.33. The topological polar surface area (TPSA) is 80.6 Å². The van der Waals surface area contributed by atoms with Crippen LogP contribution in [-0.4, -0.2) is 34.7 Å². The van der Waals surface area contributed by atoms with Crippen LogP contribution in [0.5, 0.6) is 5.75 Å². The quantitative estimate of drug-likeness (QED) is 0.754. The van der Waals surface area contributed by atoms with E-state index < -0.39 is 5.97 Å². The summed E-state index contributed by atoms with van der Waals surface area (Å²) < 4.78 is 6.84. The highest BCUT2D eigenvalue weighted by Gasteiger charge is 2.11. The van der Waals surface area contributed by atoms with Gasteiger partial charge in [-0.05, 0) is 24.3 Å². The first-order valence-corrected chi connectivity index (χ1v) is 6.50. The summed E-state index contributed by atoms with van der Waals surface area (Å²) in [5.41, 5.74) is 0.317. The van der Waals surface area contributed by atoms with Gasteiger partial charge in [-0.2, -0.15) is 0 Å². The number of aliphatic carboxylic acids is 1. The van der Waals surface area contributed by atoms with Crippen molar-refractivity contribution >= 4 is 11.9 Å². The van der Waals surface area contributed by atoms with E-state index in [-0.39, 0.29) is 12.5 Å². The number of rotatable bonds is 7. The van der Waals surface area contributed by atoms with Gasteiger partial charge in [-0.1, -0.05) is 18.2 Å². The van der Waals surface area contributed by atoms with Gasteiger partial charge in [0.15, 0.2) is 0 Å². The number of amides is 1. The van der Waals surface area contributed by atoms with Crippen LogP contribution in [0.2, 0.25) is 0 Å². The number of benzene rings is 1. The molecule has 2 N–H and O–H groups in total. The van der Waals surface area contributed by atoms with Crippen molar-refractivity contribution in [1.29, 1.82) is 0 Å². The number of hydrogen-bond donors (Lipinski definition) is 2. The van der Waals surface area contributed by atoms with E-state index in [2.05, 4.69) is 5.32 Å². The zero-order chi connectivity index (χ0) is 15.1. The maximum absolute atomic E-state index is 11.9. The predicted molar refractivity (Wildman–Crippen MR) is 76.3 cm³/mol. The molecule has 0 spiro atoms. The fourth-order valence-corrected chi connectivity index (χ4v) is 1.84. The Hall–Kier alpha value is -2.76. The average Bonchev–Trinajstić information content (AvgIpc) is 2.92. The molecule has 0 saturated carbocycles. The van der Waals surface area contributed by atoms with E-state index in [0.29, 0.717) is 18.8 Å². The molecule has 2 aromatic rings. The smallest absolute Gasteiger partial charge is 0.323 e. The molecule has 0 fully saturated rings. The number of hydrogen-bond acceptors (Lipinski definition) is 3. The minimum absolute atomic E-state index is 0.240. The third kappa shape index (κ3) is 4.38. The van der Waals surface area contributed by atoms with Gasteiger partial charge in [0.05, 0.1) is 6.54 Å². The van der Waals surface area contributed by atoms with Crippen LogP contribution in [0.1, 0.15) is 10.5 Å². The lowest BCUT2D eigenvalue weighted by Gasteiger charge is -2.09. The SMILES string of the molecule is O=C(O)Cn1cccc1C(=O)NCCOc1ccccc1. The Morgan fingerprint density at radius 1 is 1.14 bits per heavy atom. The highest BCUT2D eigenvalue weighted by molar-refractivity contribution is 5.93. The first kappa shape index (κ1) is 14.6. The molecule has 0 atom stereocenters. The molecule has 0 aliphatic carbocycles. The van der Waals surface area contributed by atoms with Crippen molar-refractivity contribution in [2.24, 2.45) is 0 Å². The van der Waals surface area contributed by atoms with E-state index in [4.69, 9.17) is 9.84 Å². The average molecular weight is 288 g/mol. The van der Waals surface area contributed by atoms with Crippen LogP contribution in [0.15, 0.2) is 48.7 Å². The number of carbonyl (C=O) groups excluding carboxylic acids is 1. The van der Waals surface area contributed by atoms with Gasteiger partial charge in [0, 0.05) is 6.20 Å². The minimum atomic E-state index is -0.993. The van der Waals surface area contributed by atoms with Crippen molar-refractivity contribution in [2.45, 2.75) is 6.54 Å². The highest BCUT2D eigenvalue weighted by atomic mass is 16.5. The highest BCUT2D eigenvalue weighted by Crippen LogP contribution is 2.07. The van der Waals surface area contributed by atoms with Crippen molar-refractivity contribution in [1.82, 2.24) is 9.88 Å². The summed E-state index contributed by atoms with van der Waals surface area (Å²) in [4.78, 5) is 22.6. The molecule has 1 heterocycles. The number of carbonyl (C=O) groups is 2. The van der Waals surface area contributed by atoms with E-state index in [9.17, 15) is 9.59 Å². The van der Waals surface area contributed by atoms with Crippen LogP contribution in [0, 0.1) is 0 Å². The summed E-state index contributed by atoms with van der Waals surface area (Å²) in [6.07, 6.45) is 1.56. The maximum atomic E-state index is 11.9. The largest absolute Gasteiger partial charge is 0.492 e. The minimum Gasteiger partial charge on any atom is -0.492 e. The Bertz CT molecular complexity index is 607. The van der Waals surface area contributed by atoms with Crippen molar-refractivity contribution in [3.63, 3.8) is 0 Å². The number of carboxylic acids is 1. The number of nitrogens with one attached hydrogen (secondary N) is 1. The third-order valence-electron chi connectivity index (χ3n) is 2.77. The molecule has 21 heavy (non-hydrogen) atoms. The molecule has 2 rings (SSSR count). The van der Waals surface area contributed by atoms with Crippen LogP contribution < -0.4 is 10.1 Å². The normalized spacial score (nSPS) is 10.1. The molecular formula is C15H16N2O4. The molecule has 110 valence electrons. The molecule has 0 aliphatic rings. The van der Waals surface area contributed by atoms with Crippen molar-refractivity contribution in [3.05, 3.63) is 54.4 Å². The molecule has 6 nitrogen and oxygen atoms in total. The number of aromatic nitrogens is 1. The van der Waals surface area contributed by atoms with Crippen molar-refractivity contribution in [2.75, 3.05) is 13.2 Å². The molecular weight excluding hydrogens is 272 g/mol. The number of para-hydroxylation sites is 1. The summed E-state index contributed by atoms with van der Waals surface area (Å²) in [5.74, 6) is -0.577. The fourth-order valence-electron chi connectivity index (χ4n) is 1.84. The van der Waals surface area contributed by atoms with Crippen LogP contribution in [0.3, 0.4) is 0 Å². The lowest BCUT2D eigenvalue weighted by molar-refractivity contribution is -0.137. The Kier molecular flexibility index (Phi) is 4.98. The molecule has 0 saturated heterocycles. The molecule has 0 radical (unpaired) electrons. The van der Waals surface area contributed by atoms with E-state index >= 15 is 0 Å². The number of carboxylic acid groups (broad SMARTS) is 1. The standard InChI is InChI=1S/C15H16N2O4/c18-14(19)11-17-9-4-7-13(17)15(20)16-8-10-21-12-5-2-1-3-6-12/h1-7,9H,8,10-11H2,(H,16,20)(H,18,19). The van der Waals surface area contributed by atoms with Crippen molar-refractivity contribution < 1.29 is 19.4 Å². The Labute approximate surface area is 122 Å². The van der Waals surface area contributed by atoms with E-state index in [1.807, 2.05) is 30.3 Å². The van der Waals surface area contributed by atoms with E-state index in [1.165, 1.54) is 4.57 Å². The molecule has 0 bridgehead atoms. The van der Waals surface area contributed by atoms with Crippen LogP contribution in [-0.2, 0) is 11.3 Å². The van der Waals surface area contributed by atoms with Gasteiger partial charge in [-0.15, -0.1) is 0 Å². The molecule has 0 unspecified atom stereocenters. The van der Waals surface area contributed by atoms with Crippen LogP contribution >= 0.6 is 0 Å². The molecule has 6 heteroatoms. The zero-order valence-corrected chi connectivity index (χ0v) is 11.4. The molecule has 0 aliphatic heterocycles. The van der Waals surface area contributed by atoms with Crippen molar-refractivity contribution in [3.8, 4) is 5.75 Å². The summed E-state index contributed by atoms with van der Waals surface area (Å²) in [6, 6.07) is 12.5. The van der Waals surface area contributed by atoms with Gasteiger partial charge in [0.25, 0.3) is 5.91 Å². The van der Waals surface area contributed by atoms with Gasteiger partial charge < -0.3 is 19.7 Å². The molecule has 1 aromatic heterocycles. The Morgan fingerprint density at radius 3 is 2.62 bits per heavy atom. The number of ether oxygens (including phenoxy) is 1. The molecule has 1 amide bonds. The van der Waals surface area contributed by atoms with Crippen LogP contribution in [0.25, 0.3) is 0 Å². The van der Waals surface area contributed by atoms with Gasteiger partial charge in [-0.25, -0.2) is 0 Å². The van der Waals surface area contributed by atoms with Gasteiger partial charge in [0.1, 0.15) is 24.6 Å². The van der Waals surface area contributed by atoms with Crippen LogP contribution in [0.4, 0.5) is 0 Å². The first-order chi connectivity index (χ1) is 10.2. The first-order valence-electron chi connectivity index (χ1n) is 6.50. The second-order valence-electron chi connectivity index (χ2n) is 4.33. The monoisotopic (exact) mass is 288 g/mol. The lowest BCUT2D eigenvalue weighted by atomic mass is 10.3. The Balaban J connectivity index is 1.80. The van der Waals surface area contributed by atoms with Gasteiger partial charge >= 0.3 is 5.97 Å². The van der Waals surface area contributed by atoms with E-state index in [0.717, 1.165) is 5.75 Å². The van der Waals surface area contributed by atoms with E-state index in [1.54, 1.807) is 18.3 Å². The summed E-state index contributed by atoms with van der Waals surface area (Å²) in [7, 11) is 0. The van der Waals surface area contributed by atoms with Gasteiger partial charge in [0.2, 0.25) is 0 Å². The second kappa shape index (κ2) is 7.14. The third-order valence-corrected chi connectivity index (χ3v) is 2.77. The lowest BCUT2D eigenvalue weighted by Crippen LogP contribution is -2.30. The summed E-state index contributed by atoms with van der Waals surface area (Å²) >= 11 is 0. The summed E-state index contributed by atoms with van der Waals surface area (Å²) in [6.45, 7) is 0.442. The Morgan fingerprint density at radius 2 is 1.90 bits per heavy atom.